The number of benzene rings is 2. The Morgan fingerprint density at radius 2 is 1.81 bits per heavy atom. The second kappa shape index (κ2) is 7.66. The molecule has 0 radical (unpaired) electrons. The van der Waals surface area contributed by atoms with Crippen molar-refractivity contribution < 1.29 is 13.6 Å². The smallest absolute Gasteiger partial charge is 0.261 e. The molecule has 1 heterocycles. The van der Waals surface area contributed by atoms with E-state index in [0.29, 0.717) is 28.5 Å². The monoisotopic (exact) mass is 375 g/mol. The normalized spacial score (nSPS) is 10.8. The number of amides is 1. The second-order valence-electron chi connectivity index (χ2n) is 5.73. The number of aromatic amines is 1. The number of aryl methyl sites for hydroxylation is 1. The van der Waals surface area contributed by atoms with Gasteiger partial charge in [0.2, 0.25) is 0 Å². The summed E-state index contributed by atoms with van der Waals surface area (Å²) < 4.78 is 27.8. The molecule has 134 valence electrons. The number of halogens is 3. The fourth-order valence-electron chi connectivity index (χ4n) is 2.65. The van der Waals surface area contributed by atoms with Crippen LogP contribution in [0.3, 0.4) is 0 Å². The first-order valence-corrected chi connectivity index (χ1v) is 8.47. The molecule has 0 aliphatic heterocycles. The predicted molar refractivity (Wildman–Crippen MR) is 97.3 cm³/mol. The van der Waals surface area contributed by atoms with Crippen molar-refractivity contribution in [2.24, 2.45) is 0 Å². The van der Waals surface area contributed by atoms with E-state index in [0.717, 1.165) is 24.1 Å². The van der Waals surface area contributed by atoms with Crippen molar-refractivity contribution in [3.8, 4) is 11.3 Å². The summed E-state index contributed by atoms with van der Waals surface area (Å²) >= 11 is 5.91. The Morgan fingerprint density at radius 3 is 2.42 bits per heavy atom. The molecule has 0 unspecified atom stereocenters. The van der Waals surface area contributed by atoms with Crippen molar-refractivity contribution in [3.05, 3.63) is 70.4 Å². The summed E-state index contributed by atoms with van der Waals surface area (Å²) in [6.07, 6.45) is 1.43. The highest BCUT2D eigenvalue weighted by molar-refractivity contribution is 6.30. The Morgan fingerprint density at radius 1 is 1.15 bits per heavy atom. The number of nitrogens with one attached hydrogen (secondary N) is 2. The maximum absolute atomic E-state index is 13.9. The topological polar surface area (TPSA) is 57.8 Å². The van der Waals surface area contributed by atoms with Gasteiger partial charge in [0.05, 0.1) is 11.4 Å². The van der Waals surface area contributed by atoms with E-state index >= 15 is 0 Å². The lowest BCUT2D eigenvalue weighted by atomic mass is 10.1. The lowest BCUT2D eigenvalue weighted by Gasteiger charge is -2.10. The molecular weight excluding hydrogens is 360 g/mol. The minimum Gasteiger partial charge on any atom is -0.318 e. The minimum absolute atomic E-state index is 0.404. The number of carbonyl (C=O) groups is 1. The fraction of sp³-hybridized carbons (Fsp3) is 0.158. The molecular formula is C19H16ClF2N3O. The van der Waals surface area contributed by atoms with Crippen LogP contribution in [0.25, 0.3) is 11.3 Å². The zero-order chi connectivity index (χ0) is 18.7. The van der Waals surface area contributed by atoms with Crippen molar-refractivity contribution >= 4 is 23.2 Å². The van der Waals surface area contributed by atoms with Crippen LogP contribution in [0.5, 0.6) is 0 Å². The van der Waals surface area contributed by atoms with E-state index in [-0.39, 0.29) is 0 Å². The third-order valence-corrected chi connectivity index (χ3v) is 4.14. The Balaban J connectivity index is 2.01. The van der Waals surface area contributed by atoms with Gasteiger partial charge in [0.15, 0.2) is 0 Å². The largest absolute Gasteiger partial charge is 0.318 e. The van der Waals surface area contributed by atoms with E-state index in [1.165, 1.54) is 6.07 Å². The van der Waals surface area contributed by atoms with Gasteiger partial charge in [0.1, 0.15) is 22.9 Å². The Labute approximate surface area is 154 Å². The number of H-pyrrole nitrogens is 1. The number of hydrogen-bond donors (Lipinski definition) is 2. The first-order valence-electron chi connectivity index (χ1n) is 8.09. The second-order valence-corrected chi connectivity index (χ2v) is 6.17. The van der Waals surface area contributed by atoms with Gasteiger partial charge in [0, 0.05) is 10.6 Å². The lowest BCUT2D eigenvalue weighted by molar-refractivity contribution is 0.101. The highest BCUT2D eigenvalue weighted by atomic mass is 35.5. The fourth-order valence-corrected chi connectivity index (χ4v) is 2.78. The SMILES string of the molecule is CCCc1[nH]nc(-c2ccc(Cl)cc2)c1NC(=O)c1c(F)cccc1F. The Kier molecular flexibility index (Phi) is 5.32. The summed E-state index contributed by atoms with van der Waals surface area (Å²) in [7, 11) is 0. The molecule has 26 heavy (non-hydrogen) atoms. The van der Waals surface area contributed by atoms with Gasteiger partial charge in [0.25, 0.3) is 5.91 Å². The zero-order valence-electron chi connectivity index (χ0n) is 13.9. The van der Waals surface area contributed by atoms with E-state index < -0.39 is 23.1 Å². The van der Waals surface area contributed by atoms with Crippen LogP contribution < -0.4 is 5.32 Å². The van der Waals surface area contributed by atoms with Gasteiger partial charge in [-0.3, -0.25) is 9.89 Å². The Bertz CT molecular complexity index is 918. The number of nitrogens with zero attached hydrogens (tertiary/aromatic N) is 1. The van der Waals surface area contributed by atoms with Crippen molar-refractivity contribution in [2.45, 2.75) is 19.8 Å². The molecule has 0 spiro atoms. The number of hydrogen-bond acceptors (Lipinski definition) is 2. The first-order chi connectivity index (χ1) is 12.5. The average molecular weight is 376 g/mol. The first kappa shape index (κ1) is 18.1. The summed E-state index contributed by atoms with van der Waals surface area (Å²) in [6.45, 7) is 1.98. The van der Waals surface area contributed by atoms with E-state index in [1.54, 1.807) is 24.3 Å². The van der Waals surface area contributed by atoms with Crippen LogP contribution in [0.4, 0.5) is 14.5 Å². The molecule has 0 aliphatic rings. The van der Waals surface area contributed by atoms with Gasteiger partial charge >= 0.3 is 0 Å². The molecule has 1 aromatic heterocycles. The van der Waals surface area contributed by atoms with Crippen LogP contribution >= 0.6 is 11.6 Å². The van der Waals surface area contributed by atoms with Crippen LogP contribution in [-0.2, 0) is 6.42 Å². The third kappa shape index (κ3) is 3.60. The molecule has 0 atom stereocenters. The molecule has 4 nitrogen and oxygen atoms in total. The molecule has 1 amide bonds. The van der Waals surface area contributed by atoms with Gasteiger partial charge in [-0.25, -0.2) is 8.78 Å². The van der Waals surface area contributed by atoms with Crippen LogP contribution in [-0.4, -0.2) is 16.1 Å². The molecule has 7 heteroatoms. The lowest BCUT2D eigenvalue weighted by Crippen LogP contribution is -2.17. The van der Waals surface area contributed by atoms with Crippen LogP contribution in [0.1, 0.15) is 29.4 Å². The van der Waals surface area contributed by atoms with Gasteiger partial charge in [-0.2, -0.15) is 5.10 Å². The number of anilines is 1. The summed E-state index contributed by atoms with van der Waals surface area (Å²) in [6, 6.07) is 10.2. The molecule has 0 saturated heterocycles. The molecule has 2 N–H and O–H groups in total. The predicted octanol–water partition coefficient (Wildman–Crippen LogP) is 5.21. The molecule has 0 saturated carbocycles. The highest BCUT2D eigenvalue weighted by Crippen LogP contribution is 2.31. The molecule has 3 aromatic rings. The van der Waals surface area contributed by atoms with E-state index in [1.807, 2.05) is 6.92 Å². The van der Waals surface area contributed by atoms with Crippen molar-refractivity contribution in [1.29, 1.82) is 0 Å². The van der Waals surface area contributed by atoms with Gasteiger partial charge in [-0.05, 0) is 30.7 Å². The van der Waals surface area contributed by atoms with Crippen LogP contribution in [0, 0.1) is 11.6 Å². The zero-order valence-corrected chi connectivity index (χ0v) is 14.7. The average Bonchev–Trinajstić information content (AvgIpc) is 2.98. The molecule has 0 bridgehead atoms. The molecule has 2 aromatic carbocycles. The van der Waals surface area contributed by atoms with E-state index in [4.69, 9.17) is 11.6 Å². The van der Waals surface area contributed by atoms with E-state index in [9.17, 15) is 13.6 Å². The van der Waals surface area contributed by atoms with E-state index in [2.05, 4.69) is 15.5 Å². The number of rotatable bonds is 5. The number of carbonyl (C=O) groups excluding carboxylic acids is 1. The van der Waals surface area contributed by atoms with Crippen LogP contribution in [0.15, 0.2) is 42.5 Å². The highest BCUT2D eigenvalue weighted by Gasteiger charge is 2.22. The van der Waals surface area contributed by atoms with Crippen LogP contribution in [0.2, 0.25) is 5.02 Å². The van der Waals surface area contributed by atoms with Gasteiger partial charge < -0.3 is 5.32 Å². The van der Waals surface area contributed by atoms with Crippen molar-refractivity contribution in [2.75, 3.05) is 5.32 Å². The standard InChI is InChI=1S/C19H16ClF2N3O/c1-2-4-15-18(17(25-24-15)11-7-9-12(20)10-8-11)23-19(26)16-13(21)5-3-6-14(16)22/h3,5-10H,2,4H2,1H3,(H,23,26)(H,24,25). The van der Waals surface area contributed by atoms with Gasteiger partial charge in [-0.15, -0.1) is 0 Å². The van der Waals surface area contributed by atoms with Gasteiger partial charge in [-0.1, -0.05) is 43.1 Å². The quantitative estimate of drug-likeness (QED) is 0.642. The summed E-state index contributed by atoms with van der Waals surface area (Å²) in [5.41, 5.74) is 1.66. The molecule has 0 fully saturated rings. The summed E-state index contributed by atoms with van der Waals surface area (Å²) in [5, 5.41) is 10.3. The maximum Gasteiger partial charge on any atom is 0.261 e. The van der Waals surface area contributed by atoms with Crippen molar-refractivity contribution in [1.82, 2.24) is 10.2 Å². The van der Waals surface area contributed by atoms with Crippen molar-refractivity contribution in [3.63, 3.8) is 0 Å². The third-order valence-electron chi connectivity index (χ3n) is 3.89. The molecule has 3 rings (SSSR count). The number of aromatic nitrogens is 2. The maximum atomic E-state index is 13.9. The molecule has 0 aliphatic carbocycles. The Hall–Kier alpha value is -2.73. The summed E-state index contributed by atoms with van der Waals surface area (Å²) in [5.74, 6) is -2.71. The summed E-state index contributed by atoms with van der Waals surface area (Å²) in [4.78, 5) is 12.5. The minimum atomic E-state index is -0.920.